The molecule has 2 aromatic rings. The third kappa shape index (κ3) is 6.48. The van der Waals surface area contributed by atoms with Gasteiger partial charge in [-0.3, -0.25) is 4.99 Å². The van der Waals surface area contributed by atoms with Crippen LogP contribution in [0.4, 0.5) is 4.39 Å². The minimum absolute atomic E-state index is 0. The highest BCUT2D eigenvalue weighted by Gasteiger charge is 2.21. The second-order valence-corrected chi connectivity index (χ2v) is 6.52. The second-order valence-electron chi connectivity index (χ2n) is 6.52. The summed E-state index contributed by atoms with van der Waals surface area (Å²) in [6.45, 7) is 5.66. The van der Waals surface area contributed by atoms with Crippen molar-refractivity contribution in [2.24, 2.45) is 4.99 Å². The number of halogens is 2. The lowest BCUT2D eigenvalue weighted by molar-refractivity contribution is 0.414. The number of nitrogens with one attached hydrogen (secondary N) is 2. The average Bonchev–Trinajstić information content (AvgIpc) is 2.63. The molecule has 2 aromatic carbocycles. The van der Waals surface area contributed by atoms with Crippen molar-refractivity contribution in [3.05, 3.63) is 65.5 Å². The lowest BCUT2D eigenvalue weighted by Crippen LogP contribution is -2.43. The van der Waals surface area contributed by atoms with E-state index in [1.54, 1.807) is 26.3 Å². The van der Waals surface area contributed by atoms with E-state index in [1.807, 2.05) is 12.1 Å². The van der Waals surface area contributed by atoms with Gasteiger partial charge in [0, 0.05) is 25.6 Å². The summed E-state index contributed by atoms with van der Waals surface area (Å²) < 4.78 is 18.2. The minimum Gasteiger partial charge on any atom is -0.497 e. The quantitative estimate of drug-likeness (QED) is 0.379. The summed E-state index contributed by atoms with van der Waals surface area (Å²) in [6, 6.07) is 14.5. The Balaban J connectivity index is 0.00000338. The highest BCUT2D eigenvalue weighted by Crippen LogP contribution is 2.24. The Hall–Kier alpha value is -1.83. The molecule has 0 aliphatic heterocycles. The van der Waals surface area contributed by atoms with Crippen LogP contribution in [0.2, 0.25) is 0 Å². The highest BCUT2D eigenvalue weighted by molar-refractivity contribution is 14.0. The Labute approximate surface area is 172 Å². The number of hydrogen-bond acceptors (Lipinski definition) is 2. The summed E-state index contributed by atoms with van der Waals surface area (Å²) >= 11 is 0. The van der Waals surface area contributed by atoms with Crippen molar-refractivity contribution >= 4 is 29.9 Å². The predicted octanol–water partition coefficient (Wildman–Crippen LogP) is 4.10. The van der Waals surface area contributed by atoms with E-state index in [0.29, 0.717) is 12.5 Å². The molecule has 0 amide bonds. The molecule has 0 unspecified atom stereocenters. The van der Waals surface area contributed by atoms with E-state index in [4.69, 9.17) is 4.74 Å². The average molecular weight is 471 g/mol. The number of rotatable bonds is 6. The normalized spacial score (nSPS) is 11.5. The van der Waals surface area contributed by atoms with Gasteiger partial charge in [0.15, 0.2) is 5.96 Å². The van der Waals surface area contributed by atoms with Crippen LogP contribution in [0, 0.1) is 5.82 Å². The molecule has 0 saturated heterocycles. The molecule has 0 bridgehead atoms. The van der Waals surface area contributed by atoms with Gasteiger partial charge in [-0.15, -0.1) is 24.0 Å². The third-order valence-electron chi connectivity index (χ3n) is 4.17. The smallest absolute Gasteiger partial charge is 0.191 e. The van der Waals surface area contributed by atoms with Crippen LogP contribution >= 0.6 is 24.0 Å². The fraction of sp³-hybridized carbons (Fsp3) is 0.350. The van der Waals surface area contributed by atoms with E-state index in [-0.39, 0.29) is 35.2 Å². The molecule has 0 saturated carbocycles. The number of benzene rings is 2. The molecular formula is C20H27FIN3O. The minimum atomic E-state index is -0.229. The summed E-state index contributed by atoms with van der Waals surface area (Å²) in [5.41, 5.74) is 2.15. The first-order chi connectivity index (χ1) is 11.9. The van der Waals surface area contributed by atoms with Crippen LogP contribution in [0.15, 0.2) is 53.5 Å². The van der Waals surface area contributed by atoms with Gasteiger partial charge in [-0.25, -0.2) is 4.39 Å². The van der Waals surface area contributed by atoms with Crippen molar-refractivity contribution in [2.75, 3.05) is 20.7 Å². The van der Waals surface area contributed by atoms with Gasteiger partial charge in [-0.2, -0.15) is 0 Å². The first-order valence-corrected chi connectivity index (χ1v) is 8.28. The van der Waals surface area contributed by atoms with Crippen molar-refractivity contribution < 1.29 is 9.13 Å². The van der Waals surface area contributed by atoms with Gasteiger partial charge in [0.1, 0.15) is 11.6 Å². The number of ether oxygens (including phenoxy) is 1. The van der Waals surface area contributed by atoms with Crippen LogP contribution in [0.5, 0.6) is 5.75 Å². The first-order valence-electron chi connectivity index (χ1n) is 8.28. The summed E-state index contributed by atoms with van der Waals surface area (Å²) in [6.07, 6.45) is 0. The summed E-state index contributed by atoms with van der Waals surface area (Å²) in [5.74, 6) is 1.34. The largest absolute Gasteiger partial charge is 0.497 e. The molecule has 4 nitrogen and oxygen atoms in total. The van der Waals surface area contributed by atoms with Gasteiger partial charge in [0.2, 0.25) is 0 Å². The van der Waals surface area contributed by atoms with Crippen molar-refractivity contribution in [1.82, 2.24) is 10.6 Å². The van der Waals surface area contributed by atoms with Crippen LogP contribution in [0.3, 0.4) is 0 Å². The van der Waals surface area contributed by atoms with Crippen molar-refractivity contribution in [3.63, 3.8) is 0 Å². The fourth-order valence-electron chi connectivity index (χ4n) is 2.46. The van der Waals surface area contributed by atoms with E-state index in [2.05, 4.69) is 41.6 Å². The van der Waals surface area contributed by atoms with Gasteiger partial charge >= 0.3 is 0 Å². The van der Waals surface area contributed by atoms with E-state index < -0.39 is 0 Å². The molecule has 0 aliphatic rings. The second kappa shape index (κ2) is 10.4. The monoisotopic (exact) mass is 471 g/mol. The first kappa shape index (κ1) is 22.2. The highest BCUT2D eigenvalue weighted by atomic mass is 127. The van der Waals surface area contributed by atoms with E-state index in [1.165, 1.54) is 17.7 Å². The van der Waals surface area contributed by atoms with E-state index in [0.717, 1.165) is 17.9 Å². The van der Waals surface area contributed by atoms with Gasteiger partial charge in [-0.05, 0) is 35.4 Å². The fourth-order valence-corrected chi connectivity index (χ4v) is 2.46. The van der Waals surface area contributed by atoms with E-state index in [9.17, 15) is 4.39 Å². The summed E-state index contributed by atoms with van der Waals surface area (Å²) in [5, 5.41) is 6.60. The third-order valence-corrected chi connectivity index (χ3v) is 4.17. The lowest BCUT2D eigenvalue weighted by atomic mass is 9.84. The van der Waals surface area contributed by atoms with E-state index >= 15 is 0 Å². The molecule has 0 heterocycles. The zero-order valence-electron chi connectivity index (χ0n) is 15.7. The zero-order chi connectivity index (χ0) is 18.3. The van der Waals surface area contributed by atoms with Crippen LogP contribution in [0.1, 0.15) is 25.0 Å². The number of aliphatic imine (C=N–C) groups is 1. The Morgan fingerprint density at radius 2 is 1.65 bits per heavy atom. The molecule has 26 heavy (non-hydrogen) atoms. The maximum Gasteiger partial charge on any atom is 0.191 e. The molecule has 0 atom stereocenters. The van der Waals surface area contributed by atoms with Gasteiger partial charge in [0.05, 0.1) is 7.11 Å². The molecule has 6 heteroatoms. The molecule has 2 N–H and O–H groups in total. The van der Waals surface area contributed by atoms with Crippen LogP contribution in [-0.4, -0.2) is 26.7 Å². The zero-order valence-corrected chi connectivity index (χ0v) is 18.0. The van der Waals surface area contributed by atoms with Crippen molar-refractivity contribution in [3.8, 4) is 5.75 Å². The molecule has 142 valence electrons. The number of nitrogens with zero attached hydrogens (tertiary/aromatic N) is 1. The number of hydrogen-bond donors (Lipinski definition) is 2. The Morgan fingerprint density at radius 1 is 1.04 bits per heavy atom. The van der Waals surface area contributed by atoms with Crippen LogP contribution in [0.25, 0.3) is 0 Å². The maximum absolute atomic E-state index is 12.9. The Bertz CT molecular complexity index is 700. The topological polar surface area (TPSA) is 45.7 Å². The SMILES string of the molecule is CN=C(NCc1ccc(F)cc1)NCC(C)(C)c1ccc(OC)cc1.I. The molecule has 0 aromatic heterocycles. The summed E-state index contributed by atoms with van der Waals surface area (Å²) in [7, 11) is 3.40. The number of guanidine groups is 1. The molecule has 0 fully saturated rings. The molecule has 0 spiro atoms. The maximum atomic E-state index is 12.9. The molecular weight excluding hydrogens is 444 g/mol. The van der Waals surface area contributed by atoms with Crippen molar-refractivity contribution in [1.29, 1.82) is 0 Å². The predicted molar refractivity (Wildman–Crippen MR) is 116 cm³/mol. The lowest BCUT2D eigenvalue weighted by Gasteiger charge is -2.27. The molecule has 0 radical (unpaired) electrons. The Morgan fingerprint density at radius 3 is 2.19 bits per heavy atom. The van der Waals surface area contributed by atoms with Gasteiger partial charge in [-0.1, -0.05) is 38.1 Å². The van der Waals surface area contributed by atoms with Crippen molar-refractivity contribution in [2.45, 2.75) is 25.8 Å². The molecule has 0 aliphatic carbocycles. The molecule has 2 rings (SSSR count). The van der Waals surface area contributed by atoms with Gasteiger partial charge in [0.25, 0.3) is 0 Å². The van der Waals surface area contributed by atoms with Gasteiger partial charge < -0.3 is 15.4 Å². The Kier molecular flexibility index (Phi) is 8.84. The van der Waals surface area contributed by atoms with Crippen LogP contribution in [-0.2, 0) is 12.0 Å². The summed E-state index contributed by atoms with van der Waals surface area (Å²) in [4.78, 5) is 4.25. The van der Waals surface area contributed by atoms with Crippen LogP contribution < -0.4 is 15.4 Å². The standard InChI is InChI=1S/C20H26FN3O.HI/c1-20(2,16-7-11-18(25-4)12-8-16)14-24-19(22-3)23-13-15-5-9-17(21)10-6-15;/h5-12H,13-14H2,1-4H3,(H2,22,23,24);1H. The number of methoxy groups -OCH3 is 1.